The highest BCUT2D eigenvalue weighted by Gasteiger charge is 2.26. The van der Waals surface area contributed by atoms with E-state index >= 15 is 0 Å². The van der Waals surface area contributed by atoms with Crippen LogP contribution in [0.2, 0.25) is 0 Å². The van der Waals surface area contributed by atoms with E-state index < -0.39 is 0 Å². The van der Waals surface area contributed by atoms with Crippen molar-refractivity contribution in [1.82, 2.24) is 4.90 Å². The Bertz CT molecular complexity index is 474. The van der Waals surface area contributed by atoms with Crippen molar-refractivity contribution in [2.45, 2.75) is 45.4 Å². The molecule has 2 N–H and O–H groups in total. The second-order valence-electron chi connectivity index (χ2n) is 5.85. The van der Waals surface area contributed by atoms with Gasteiger partial charge in [-0.3, -0.25) is 4.90 Å². The summed E-state index contributed by atoms with van der Waals surface area (Å²) < 4.78 is 11.4. The molecule has 0 aromatic heterocycles. The predicted octanol–water partition coefficient (Wildman–Crippen LogP) is 2.36. The number of fused-ring (bicyclic) bond motifs is 1. The number of hydrogen-bond donors (Lipinski definition) is 1. The van der Waals surface area contributed by atoms with Crippen molar-refractivity contribution in [3.05, 3.63) is 23.3 Å². The first-order valence-electron chi connectivity index (χ1n) is 7.27. The van der Waals surface area contributed by atoms with Crippen LogP contribution in [-0.4, -0.2) is 37.7 Å². The molecule has 0 spiro atoms. The molecule has 1 aromatic rings. The Balaban J connectivity index is 2.42. The maximum Gasteiger partial charge on any atom is 0.124 e. The standard InChI is InChI=1S/C16H26N2O2/c1-10(2)18(4)14(9-17)13-8-15-12(6-11(3)20-15)7-16(13)19-5/h7-8,10-11,14H,6,9,17H2,1-5H3. The molecule has 20 heavy (non-hydrogen) atoms. The maximum absolute atomic E-state index is 6.00. The first kappa shape index (κ1) is 15.1. The number of nitrogens with two attached hydrogens (primary N) is 1. The van der Waals surface area contributed by atoms with Gasteiger partial charge < -0.3 is 15.2 Å². The average molecular weight is 278 g/mol. The molecule has 112 valence electrons. The lowest BCUT2D eigenvalue weighted by atomic mass is 9.99. The van der Waals surface area contributed by atoms with Crippen molar-refractivity contribution < 1.29 is 9.47 Å². The fourth-order valence-corrected chi connectivity index (χ4v) is 2.76. The summed E-state index contributed by atoms with van der Waals surface area (Å²) in [5.74, 6) is 1.88. The van der Waals surface area contributed by atoms with Crippen LogP contribution in [0.3, 0.4) is 0 Å². The van der Waals surface area contributed by atoms with E-state index in [1.165, 1.54) is 5.56 Å². The van der Waals surface area contributed by atoms with Gasteiger partial charge in [-0.2, -0.15) is 0 Å². The van der Waals surface area contributed by atoms with Crippen LogP contribution in [-0.2, 0) is 6.42 Å². The molecule has 2 rings (SSSR count). The number of methoxy groups -OCH3 is 1. The molecule has 0 saturated heterocycles. The van der Waals surface area contributed by atoms with Crippen molar-refractivity contribution >= 4 is 0 Å². The van der Waals surface area contributed by atoms with E-state index in [0.29, 0.717) is 12.6 Å². The lowest BCUT2D eigenvalue weighted by Crippen LogP contribution is -2.35. The fourth-order valence-electron chi connectivity index (χ4n) is 2.76. The molecule has 0 saturated carbocycles. The predicted molar refractivity (Wildman–Crippen MR) is 81.5 cm³/mol. The zero-order valence-electron chi connectivity index (χ0n) is 13.1. The van der Waals surface area contributed by atoms with Crippen molar-refractivity contribution in [3.63, 3.8) is 0 Å². The summed E-state index contributed by atoms with van der Waals surface area (Å²) in [5.41, 5.74) is 8.34. The quantitative estimate of drug-likeness (QED) is 0.898. The fraction of sp³-hybridized carbons (Fsp3) is 0.625. The van der Waals surface area contributed by atoms with Crippen LogP contribution in [0.15, 0.2) is 12.1 Å². The lowest BCUT2D eigenvalue weighted by molar-refractivity contribution is 0.196. The summed E-state index contributed by atoms with van der Waals surface area (Å²) in [4.78, 5) is 2.27. The van der Waals surface area contributed by atoms with Gasteiger partial charge in [0.2, 0.25) is 0 Å². The van der Waals surface area contributed by atoms with Gasteiger partial charge in [-0.25, -0.2) is 0 Å². The first-order valence-corrected chi connectivity index (χ1v) is 7.27. The van der Waals surface area contributed by atoms with E-state index in [4.69, 9.17) is 15.2 Å². The number of nitrogens with zero attached hydrogens (tertiary/aromatic N) is 1. The Labute approximate surface area is 121 Å². The SMILES string of the molecule is COc1cc2c(cc1C(CN)N(C)C(C)C)OC(C)C2. The zero-order chi connectivity index (χ0) is 14.9. The molecule has 1 aliphatic heterocycles. The van der Waals surface area contributed by atoms with Gasteiger partial charge in [0.05, 0.1) is 13.2 Å². The molecule has 0 bridgehead atoms. The molecule has 1 aromatic carbocycles. The van der Waals surface area contributed by atoms with E-state index in [1.54, 1.807) is 7.11 Å². The van der Waals surface area contributed by atoms with Gasteiger partial charge in [-0.15, -0.1) is 0 Å². The van der Waals surface area contributed by atoms with Gasteiger partial charge in [0, 0.05) is 30.1 Å². The van der Waals surface area contributed by atoms with Crippen LogP contribution >= 0.6 is 0 Å². The largest absolute Gasteiger partial charge is 0.496 e. The van der Waals surface area contributed by atoms with Crippen LogP contribution in [0, 0.1) is 0 Å². The highest BCUT2D eigenvalue weighted by Crippen LogP contribution is 2.38. The van der Waals surface area contributed by atoms with Crippen molar-refractivity contribution in [2.75, 3.05) is 20.7 Å². The Morgan fingerprint density at radius 1 is 1.45 bits per heavy atom. The third-order valence-corrected chi connectivity index (χ3v) is 4.14. The van der Waals surface area contributed by atoms with E-state index in [1.807, 2.05) is 0 Å². The van der Waals surface area contributed by atoms with Crippen molar-refractivity contribution in [3.8, 4) is 11.5 Å². The second-order valence-corrected chi connectivity index (χ2v) is 5.85. The Kier molecular flexibility index (Phi) is 4.55. The maximum atomic E-state index is 6.00. The minimum atomic E-state index is 0.134. The monoisotopic (exact) mass is 278 g/mol. The Morgan fingerprint density at radius 2 is 2.15 bits per heavy atom. The number of benzene rings is 1. The second kappa shape index (κ2) is 6.02. The smallest absolute Gasteiger partial charge is 0.124 e. The lowest BCUT2D eigenvalue weighted by Gasteiger charge is -2.31. The van der Waals surface area contributed by atoms with E-state index in [0.717, 1.165) is 23.5 Å². The summed E-state index contributed by atoms with van der Waals surface area (Å²) in [6, 6.07) is 4.76. The Morgan fingerprint density at radius 3 is 2.70 bits per heavy atom. The van der Waals surface area contributed by atoms with E-state index in [2.05, 4.69) is 44.9 Å². The topological polar surface area (TPSA) is 47.7 Å². The molecule has 1 heterocycles. The summed E-state index contributed by atoms with van der Waals surface area (Å²) in [7, 11) is 3.81. The van der Waals surface area contributed by atoms with E-state index in [9.17, 15) is 0 Å². The van der Waals surface area contributed by atoms with Gasteiger partial charge in [0.15, 0.2) is 0 Å². The molecule has 1 aliphatic rings. The summed E-state index contributed by atoms with van der Waals surface area (Å²) in [5, 5.41) is 0. The molecular weight excluding hydrogens is 252 g/mol. The molecular formula is C16H26N2O2. The average Bonchev–Trinajstić information content (AvgIpc) is 2.77. The van der Waals surface area contributed by atoms with Crippen LogP contribution in [0.4, 0.5) is 0 Å². The summed E-state index contributed by atoms with van der Waals surface area (Å²) in [6.45, 7) is 6.98. The van der Waals surface area contributed by atoms with Crippen LogP contribution in [0.5, 0.6) is 11.5 Å². The molecule has 4 nitrogen and oxygen atoms in total. The highest BCUT2D eigenvalue weighted by molar-refractivity contribution is 5.50. The molecule has 0 radical (unpaired) electrons. The number of rotatable bonds is 5. The summed E-state index contributed by atoms with van der Waals surface area (Å²) in [6.07, 6.45) is 1.18. The molecule has 0 aliphatic carbocycles. The minimum Gasteiger partial charge on any atom is -0.496 e. The molecule has 4 heteroatoms. The molecule has 2 atom stereocenters. The normalized spacial score (nSPS) is 19.1. The molecule has 0 amide bonds. The van der Waals surface area contributed by atoms with Crippen LogP contribution in [0.1, 0.15) is 37.9 Å². The van der Waals surface area contributed by atoms with Gasteiger partial charge in [-0.05, 0) is 40.0 Å². The van der Waals surface area contributed by atoms with Crippen molar-refractivity contribution in [2.24, 2.45) is 5.73 Å². The number of ether oxygens (including phenoxy) is 2. The number of likely N-dealkylation sites (N-methyl/N-ethyl adjacent to an activating group) is 1. The van der Waals surface area contributed by atoms with Gasteiger partial charge >= 0.3 is 0 Å². The number of hydrogen-bond acceptors (Lipinski definition) is 4. The Hall–Kier alpha value is -1.26. The van der Waals surface area contributed by atoms with E-state index in [-0.39, 0.29) is 12.1 Å². The third-order valence-electron chi connectivity index (χ3n) is 4.14. The molecule has 0 fully saturated rings. The third kappa shape index (κ3) is 2.76. The zero-order valence-corrected chi connectivity index (χ0v) is 13.1. The van der Waals surface area contributed by atoms with Gasteiger partial charge in [0.1, 0.15) is 17.6 Å². The van der Waals surface area contributed by atoms with Gasteiger partial charge in [0.25, 0.3) is 0 Å². The van der Waals surface area contributed by atoms with Gasteiger partial charge in [-0.1, -0.05) is 0 Å². The summed E-state index contributed by atoms with van der Waals surface area (Å²) >= 11 is 0. The highest BCUT2D eigenvalue weighted by atomic mass is 16.5. The van der Waals surface area contributed by atoms with Crippen LogP contribution in [0.25, 0.3) is 0 Å². The minimum absolute atomic E-state index is 0.134. The van der Waals surface area contributed by atoms with Crippen LogP contribution < -0.4 is 15.2 Å². The molecule has 2 unspecified atom stereocenters. The van der Waals surface area contributed by atoms with Crippen molar-refractivity contribution in [1.29, 1.82) is 0 Å². The first-order chi connectivity index (χ1) is 9.47.